The van der Waals surface area contributed by atoms with Crippen LogP contribution in [0.2, 0.25) is 0 Å². The second-order valence-electron chi connectivity index (χ2n) is 25.6. The second-order valence-corrected chi connectivity index (χ2v) is 25.6. The quantitative estimate of drug-likeness (QED) is 0.0546. The fourth-order valence-corrected chi connectivity index (χ4v) is 8.95. The van der Waals surface area contributed by atoms with Crippen LogP contribution in [0.25, 0.3) is 0 Å². The molecule has 2 aliphatic carbocycles. The van der Waals surface area contributed by atoms with Gasteiger partial charge >= 0.3 is 65.9 Å². The number of aliphatic carboxylic acids is 2. The van der Waals surface area contributed by atoms with E-state index in [-0.39, 0.29) is 90.2 Å². The minimum Gasteiger partial charge on any atom is -0.481 e. The SMILES string of the molecule is CC1C(=O)N(C)C(=O)C1C.CCC(C)(C(=O)OC)C(F)(F)F.CCC(C)(C)C(=O)OC.CCC(C)(CC(=O)O)C(=O)OC.CCC(C)(CO)C(=O)OC.CCC(C)(COC)C(=O)OC.CCC(C)C(=O)OC.COC(=O)C(C)C(C)C(=O)O.COC(=O)C1CC2CC1C(C)C2C. The first-order valence-electron chi connectivity index (χ1n) is 32.0. The number of methoxy groups -OCH3 is 9. The molecule has 2 amide bonds. The summed E-state index contributed by atoms with van der Waals surface area (Å²) in [5, 5.41) is 25.8. The van der Waals surface area contributed by atoms with Gasteiger partial charge in [-0.25, -0.2) is 0 Å². The number of carboxylic acid groups (broad SMARTS) is 2. The van der Waals surface area contributed by atoms with Crippen molar-refractivity contribution >= 4 is 71.5 Å². The van der Waals surface area contributed by atoms with Gasteiger partial charge in [0, 0.05) is 26.0 Å². The first-order valence-corrected chi connectivity index (χ1v) is 32.0. The van der Waals surface area contributed by atoms with Crippen molar-refractivity contribution in [2.24, 2.45) is 86.3 Å². The first kappa shape index (κ1) is 101. The number of halogens is 3. The molecule has 3 fully saturated rings. The number of likely N-dealkylation sites (tertiary alicyclic amines) is 1. The van der Waals surface area contributed by atoms with Crippen LogP contribution in [0.4, 0.5) is 13.2 Å². The van der Waals surface area contributed by atoms with E-state index in [2.05, 4.69) is 47.0 Å². The van der Waals surface area contributed by atoms with Gasteiger partial charge < -0.3 is 58.0 Å². The highest BCUT2D eigenvalue weighted by molar-refractivity contribution is 6.04. The third kappa shape index (κ3) is 32.7. The lowest BCUT2D eigenvalue weighted by Crippen LogP contribution is -2.42. The van der Waals surface area contributed by atoms with E-state index in [9.17, 15) is 70.7 Å². The maximum absolute atomic E-state index is 12.2. The lowest BCUT2D eigenvalue weighted by Gasteiger charge is -2.29. The highest BCUT2D eigenvalue weighted by Gasteiger charge is 2.56. The van der Waals surface area contributed by atoms with Crippen LogP contribution in [-0.4, -0.2) is 182 Å². The molecule has 0 aromatic heterocycles. The number of nitrogens with zero attached hydrogens (tertiary/aromatic N) is 1. The number of hydrogen-bond donors (Lipinski definition) is 3. The standard InChI is InChI=1S/C11H18O2.C8H14O4.C8H16O3.C7H11F3O2.C7H11NO2.C7H12O4.C7H14O3.C7H14O2.C6H12O2/c1-6-7(2)9-4-8(6)5-10(9)11(12)13-3;1-4-8(2,5-6(9)10)7(11)12-3;1-5-8(2,6-10-3)7(9)11-4;1-4-6(2,5(11)12-3)7(8,9)10;1-4-5(2)7(10)8(3)6(4)9;1-4(6(8)9)5(2)7(10)11-3;1-4-7(2,5-8)6(9)10-3;1-5-7(2,3)6(8)9-4;1-4-5(2)6(7)8-3/h6-10H,4-5H2,1-3H3;4-5H2,1-3H3,(H,9,10);5-6H2,1-4H3;4H2,1-3H3;4-5H,1-3H3;4-5H,1-3H3,(H,8,9);8H,4-5H2,1-3H3;5H2,1-4H3;5H,4H2,1-3H3. The monoisotopic (exact) mass is 1390 g/mol. The van der Waals surface area contributed by atoms with E-state index in [1.165, 1.54) is 88.9 Å². The van der Waals surface area contributed by atoms with Gasteiger partial charge in [0.15, 0.2) is 5.41 Å². The van der Waals surface area contributed by atoms with Gasteiger partial charge in [0.2, 0.25) is 11.8 Å². The number of alkyl halides is 3. The van der Waals surface area contributed by atoms with E-state index in [4.69, 9.17) is 24.8 Å². The summed E-state index contributed by atoms with van der Waals surface area (Å²) in [4.78, 5) is 132. The summed E-state index contributed by atoms with van der Waals surface area (Å²) >= 11 is 0. The first-order chi connectivity index (χ1) is 43.9. The second kappa shape index (κ2) is 48.3. The summed E-state index contributed by atoms with van der Waals surface area (Å²) in [6.07, 6.45) is 0.737. The number of ether oxygens (including phenoxy) is 9. The number of aliphatic hydroxyl groups is 1. The Labute approximate surface area is 569 Å². The molecule has 1 saturated heterocycles. The summed E-state index contributed by atoms with van der Waals surface area (Å²) in [7, 11) is 13.6. The van der Waals surface area contributed by atoms with Crippen LogP contribution in [0.15, 0.2) is 0 Å². The molecule has 0 spiro atoms. The number of amides is 2. The van der Waals surface area contributed by atoms with Crippen molar-refractivity contribution in [2.45, 2.75) is 196 Å². The molecule has 1 heterocycles. The molecule has 0 aromatic carbocycles. The third-order valence-electron chi connectivity index (χ3n) is 18.8. The topological polar surface area (TPSA) is 352 Å². The van der Waals surface area contributed by atoms with Gasteiger partial charge in [-0.15, -0.1) is 0 Å². The van der Waals surface area contributed by atoms with Gasteiger partial charge in [-0.05, 0) is 117 Å². The molecule has 0 aromatic rings. The number of hydrogen-bond acceptors (Lipinski definition) is 22. The molecule has 3 aliphatic rings. The van der Waals surface area contributed by atoms with Crippen molar-refractivity contribution in [3.63, 3.8) is 0 Å². The third-order valence-corrected chi connectivity index (χ3v) is 18.8. The number of carboxylic acids is 2. The Balaban J connectivity index is -0.000000238. The molecule has 25 nitrogen and oxygen atoms in total. The van der Waals surface area contributed by atoms with Gasteiger partial charge in [0.25, 0.3) is 0 Å². The Morgan fingerprint density at radius 1 is 0.521 bits per heavy atom. The predicted octanol–water partition coefficient (Wildman–Crippen LogP) is 10.6. The molecule has 0 radical (unpaired) electrons. The van der Waals surface area contributed by atoms with E-state index in [0.29, 0.717) is 31.3 Å². The lowest BCUT2D eigenvalue weighted by atomic mass is 9.76. The van der Waals surface area contributed by atoms with Crippen molar-refractivity contribution in [1.82, 2.24) is 4.90 Å². The van der Waals surface area contributed by atoms with E-state index < -0.39 is 69.5 Å². The van der Waals surface area contributed by atoms with E-state index in [1.807, 2.05) is 55.4 Å². The highest BCUT2D eigenvalue weighted by Crippen LogP contribution is 2.55. The maximum atomic E-state index is 12.2. The zero-order valence-electron chi connectivity index (χ0n) is 63.0. The Morgan fingerprint density at radius 2 is 0.917 bits per heavy atom. The van der Waals surface area contributed by atoms with Crippen LogP contribution in [0, 0.1) is 86.3 Å². The zero-order chi connectivity index (χ0) is 77.4. The van der Waals surface area contributed by atoms with Gasteiger partial charge in [0.05, 0.1) is 122 Å². The molecule has 14 unspecified atom stereocenters. The molecule has 3 N–H and O–H groups in total. The number of imide groups is 1. The Kier molecular flexibility index (Phi) is 50.6. The van der Waals surface area contributed by atoms with Crippen LogP contribution < -0.4 is 0 Å². The van der Waals surface area contributed by atoms with Crippen LogP contribution >= 0.6 is 0 Å². The Bertz CT molecular complexity index is 2370. The zero-order valence-corrected chi connectivity index (χ0v) is 63.0. The molecule has 564 valence electrons. The van der Waals surface area contributed by atoms with E-state index >= 15 is 0 Å². The summed E-state index contributed by atoms with van der Waals surface area (Å²) < 4.78 is 77.6. The summed E-state index contributed by atoms with van der Waals surface area (Å²) in [5.41, 5.74) is -4.77. The minimum absolute atomic E-state index is 0.0197. The molecule has 96 heavy (non-hydrogen) atoms. The number of carbonyl (C=O) groups is 12. The molecular formula is C68H122F3NO24. The Morgan fingerprint density at radius 3 is 1.12 bits per heavy atom. The molecule has 2 bridgehead atoms. The number of fused-ring (bicyclic) bond motifs is 2. The van der Waals surface area contributed by atoms with Gasteiger partial charge in [-0.1, -0.05) is 90.0 Å². The van der Waals surface area contributed by atoms with Crippen molar-refractivity contribution < 1.29 is 129 Å². The van der Waals surface area contributed by atoms with Crippen molar-refractivity contribution in [3.05, 3.63) is 0 Å². The fourth-order valence-electron chi connectivity index (χ4n) is 8.95. The van der Waals surface area contributed by atoms with Crippen LogP contribution in [-0.2, 0) is 100 Å². The normalized spacial score (nSPS) is 21.3. The number of aliphatic hydroxyl groups excluding tert-OH is 1. The average molecular weight is 1390 g/mol. The smallest absolute Gasteiger partial charge is 0.404 e. The van der Waals surface area contributed by atoms with Crippen molar-refractivity contribution in [2.75, 3.05) is 84.2 Å². The van der Waals surface area contributed by atoms with Crippen molar-refractivity contribution in [3.8, 4) is 0 Å². The maximum Gasteiger partial charge on any atom is 0.404 e. The van der Waals surface area contributed by atoms with Crippen molar-refractivity contribution in [1.29, 1.82) is 0 Å². The van der Waals surface area contributed by atoms with Gasteiger partial charge in [-0.3, -0.25) is 62.4 Å². The molecule has 14 atom stereocenters. The van der Waals surface area contributed by atoms with Crippen LogP contribution in [0.5, 0.6) is 0 Å². The average Bonchev–Trinajstić information content (AvgIpc) is 1.51. The predicted molar refractivity (Wildman–Crippen MR) is 351 cm³/mol. The number of esters is 8. The van der Waals surface area contributed by atoms with Crippen LogP contribution in [0.3, 0.4) is 0 Å². The molecule has 3 rings (SSSR count). The molecule has 28 heteroatoms. The Hall–Kier alpha value is -6.45. The van der Waals surface area contributed by atoms with Gasteiger partial charge in [0.1, 0.15) is 0 Å². The van der Waals surface area contributed by atoms with E-state index in [1.54, 1.807) is 41.7 Å². The highest BCUT2D eigenvalue weighted by atomic mass is 19.4. The number of rotatable bonds is 21. The molecular weight excluding hydrogens is 1270 g/mol. The fraction of sp³-hybridized carbons (Fsp3) is 0.824. The number of carbonyl (C=O) groups excluding carboxylic acids is 10. The summed E-state index contributed by atoms with van der Waals surface area (Å²) in [6, 6.07) is 0. The summed E-state index contributed by atoms with van der Waals surface area (Å²) in [6.45, 7) is 33.7. The minimum atomic E-state index is -4.55. The van der Waals surface area contributed by atoms with Crippen LogP contribution in [0.1, 0.15) is 189 Å². The molecule has 2 saturated carbocycles. The van der Waals surface area contributed by atoms with Gasteiger partial charge in [-0.2, -0.15) is 13.2 Å². The largest absolute Gasteiger partial charge is 0.481 e. The summed E-state index contributed by atoms with van der Waals surface area (Å²) in [5.74, 6) is -3.42. The van der Waals surface area contributed by atoms with E-state index in [0.717, 1.165) is 51.6 Å². The lowest BCUT2D eigenvalue weighted by molar-refractivity contribution is -0.229. The molecule has 1 aliphatic heterocycles.